The summed E-state index contributed by atoms with van der Waals surface area (Å²) >= 11 is 0. The third kappa shape index (κ3) is 5.14. The number of carbonyl (C=O) groups is 2. The van der Waals surface area contributed by atoms with E-state index in [0.717, 1.165) is 18.2 Å². The molecule has 9 nitrogen and oxygen atoms in total. The average molecular weight is 365 g/mol. The topological polar surface area (TPSA) is 148 Å². The second kappa shape index (κ2) is 8.26. The van der Waals surface area contributed by atoms with Crippen LogP contribution >= 0.6 is 0 Å². The van der Waals surface area contributed by atoms with Crippen LogP contribution in [0.3, 0.4) is 0 Å². The zero-order valence-electron chi connectivity index (χ0n) is 14.1. The van der Waals surface area contributed by atoms with Crippen LogP contribution < -0.4 is 15.7 Å². The molecule has 0 bridgehead atoms. The van der Waals surface area contributed by atoms with Gasteiger partial charge in [0, 0.05) is 24.4 Å². The van der Waals surface area contributed by atoms with Crippen molar-refractivity contribution in [3.8, 4) is 11.8 Å². The second-order valence-electron chi connectivity index (χ2n) is 5.37. The highest BCUT2D eigenvalue weighted by atomic mass is 16.6. The monoisotopic (exact) mass is 365 g/mol. The van der Waals surface area contributed by atoms with E-state index in [4.69, 9.17) is 0 Å². The summed E-state index contributed by atoms with van der Waals surface area (Å²) in [7, 11) is 0. The van der Waals surface area contributed by atoms with Gasteiger partial charge in [-0.15, -0.1) is 0 Å². The molecule has 2 aromatic rings. The lowest BCUT2D eigenvalue weighted by atomic mass is 10.1. The minimum Gasteiger partial charge on any atom is -0.868 e. The molecule has 0 heterocycles. The maximum atomic E-state index is 12.2. The predicted octanol–water partition coefficient (Wildman–Crippen LogP) is 2.17. The molecule has 2 aromatic carbocycles. The first-order valence-electron chi connectivity index (χ1n) is 7.56. The molecule has 0 unspecified atom stereocenters. The Bertz CT molecular complexity index is 974. The van der Waals surface area contributed by atoms with Gasteiger partial charge in [0.2, 0.25) is 5.91 Å². The molecule has 9 heteroatoms. The predicted molar refractivity (Wildman–Crippen MR) is 95.5 cm³/mol. The zero-order chi connectivity index (χ0) is 20.0. The second-order valence-corrected chi connectivity index (χ2v) is 5.37. The van der Waals surface area contributed by atoms with Crippen molar-refractivity contribution in [3.63, 3.8) is 0 Å². The molecule has 0 aliphatic heterocycles. The van der Waals surface area contributed by atoms with Crippen molar-refractivity contribution in [1.82, 2.24) is 0 Å². The summed E-state index contributed by atoms with van der Waals surface area (Å²) in [6, 6.07) is 11.2. The van der Waals surface area contributed by atoms with Crippen molar-refractivity contribution < 1.29 is 19.6 Å². The van der Waals surface area contributed by atoms with Gasteiger partial charge in [-0.2, -0.15) is 5.26 Å². The van der Waals surface area contributed by atoms with Gasteiger partial charge in [0.25, 0.3) is 11.6 Å². The fraction of sp³-hybridized carbons (Fsp3) is 0.0556. The summed E-state index contributed by atoms with van der Waals surface area (Å²) in [5.41, 5.74) is 0.163. The number of rotatable bonds is 5. The first kappa shape index (κ1) is 19.1. The van der Waals surface area contributed by atoms with Gasteiger partial charge in [-0.1, -0.05) is 12.1 Å². The number of nitro groups is 1. The molecule has 0 aliphatic rings. The van der Waals surface area contributed by atoms with E-state index >= 15 is 0 Å². The van der Waals surface area contributed by atoms with E-state index in [-0.39, 0.29) is 17.0 Å². The fourth-order valence-corrected chi connectivity index (χ4v) is 2.12. The Kier molecular flexibility index (Phi) is 5.86. The van der Waals surface area contributed by atoms with Gasteiger partial charge in [-0.25, -0.2) is 0 Å². The van der Waals surface area contributed by atoms with E-state index in [0.29, 0.717) is 11.4 Å². The lowest BCUT2D eigenvalue weighted by molar-refractivity contribution is -0.398. The number of carbonyl (C=O) groups excluding carboxylic acids is 2. The van der Waals surface area contributed by atoms with E-state index in [1.54, 1.807) is 18.2 Å². The number of nitriles is 1. The highest BCUT2D eigenvalue weighted by Gasteiger charge is 2.12. The van der Waals surface area contributed by atoms with Crippen molar-refractivity contribution >= 4 is 35.0 Å². The van der Waals surface area contributed by atoms with Crippen LogP contribution in [0.4, 0.5) is 17.1 Å². The number of nitro benzene ring substituents is 1. The van der Waals surface area contributed by atoms with Crippen LogP contribution in [0.2, 0.25) is 0 Å². The summed E-state index contributed by atoms with van der Waals surface area (Å²) in [5, 5.41) is 36.5. The molecular formula is C18H13N4O5-. The van der Waals surface area contributed by atoms with E-state index in [9.17, 15) is 30.1 Å². The molecule has 2 N–H and O–H groups in total. The molecule has 27 heavy (non-hydrogen) atoms. The van der Waals surface area contributed by atoms with Crippen LogP contribution in [0.5, 0.6) is 5.75 Å². The highest BCUT2D eigenvalue weighted by Crippen LogP contribution is 2.25. The van der Waals surface area contributed by atoms with Gasteiger partial charge in [0.05, 0.1) is 4.92 Å². The zero-order valence-corrected chi connectivity index (χ0v) is 14.1. The number of benzene rings is 2. The third-order valence-corrected chi connectivity index (χ3v) is 3.32. The molecule has 0 aliphatic carbocycles. The largest absolute Gasteiger partial charge is 0.868 e. The van der Waals surface area contributed by atoms with Gasteiger partial charge in [-0.3, -0.25) is 19.7 Å². The Morgan fingerprint density at radius 2 is 1.70 bits per heavy atom. The molecule has 136 valence electrons. The fourth-order valence-electron chi connectivity index (χ4n) is 2.12. The summed E-state index contributed by atoms with van der Waals surface area (Å²) in [6.45, 7) is 1.36. The van der Waals surface area contributed by atoms with Gasteiger partial charge in [0.15, 0.2) is 0 Å². The van der Waals surface area contributed by atoms with Crippen molar-refractivity contribution in [1.29, 1.82) is 5.26 Å². The van der Waals surface area contributed by atoms with Gasteiger partial charge >= 0.3 is 0 Å². The molecule has 0 spiro atoms. The number of nitrogens with zero attached hydrogens (tertiary/aromatic N) is 2. The van der Waals surface area contributed by atoms with Crippen molar-refractivity contribution in [2.45, 2.75) is 6.92 Å². The number of nitrogens with one attached hydrogen (secondary N) is 2. The Hall–Kier alpha value is -4.19. The highest BCUT2D eigenvalue weighted by molar-refractivity contribution is 6.09. The van der Waals surface area contributed by atoms with Gasteiger partial charge in [0.1, 0.15) is 11.6 Å². The number of anilines is 2. The maximum Gasteiger partial charge on any atom is 0.266 e. The van der Waals surface area contributed by atoms with Gasteiger partial charge < -0.3 is 15.7 Å². The minimum atomic E-state index is -0.831. The first-order valence-corrected chi connectivity index (χ1v) is 7.56. The Balaban J connectivity index is 2.19. The average Bonchev–Trinajstić information content (AvgIpc) is 2.61. The summed E-state index contributed by atoms with van der Waals surface area (Å²) in [4.78, 5) is 33.2. The molecule has 0 fully saturated rings. The molecule has 0 radical (unpaired) electrons. The van der Waals surface area contributed by atoms with E-state index in [2.05, 4.69) is 10.6 Å². The summed E-state index contributed by atoms with van der Waals surface area (Å²) < 4.78 is 0. The SMILES string of the molecule is CC(=O)Nc1ccc(NC(=O)/C(C#N)=C/c2ccc([O-])c([N+](=O)[O-])c2)cc1. The molecule has 2 amide bonds. The van der Waals surface area contributed by atoms with E-state index in [1.165, 1.54) is 25.1 Å². The van der Waals surface area contributed by atoms with E-state index < -0.39 is 22.3 Å². The minimum absolute atomic E-state index is 0.175. The molecule has 0 saturated heterocycles. The number of hydrogen-bond donors (Lipinski definition) is 2. The Morgan fingerprint density at radius 1 is 1.11 bits per heavy atom. The third-order valence-electron chi connectivity index (χ3n) is 3.32. The molecule has 0 atom stereocenters. The Morgan fingerprint density at radius 3 is 2.22 bits per heavy atom. The molecule has 2 rings (SSSR count). The summed E-state index contributed by atoms with van der Waals surface area (Å²) in [6.07, 6.45) is 1.15. The standard InChI is InChI=1S/C18H14N4O5/c1-11(23)20-14-3-5-15(6-4-14)21-18(25)13(10-19)8-12-2-7-17(24)16(9-12)22(26)27/h2-9,24H,1H3,(H,20,23)(H,21,25)/p-1/b13-8+. The molecule has 0 saturated carbocycles. The quantitative estimate of drug-likeness (QED) is 0.359. The number of hydrogen-bond acceptors (Lipinski definition) is 6. The van der Waals surface area contributed by atoms with Crippen molar-refractivity contribution in [3.05, 3.63) is 63.7 Å². The van der Waals surface area contributed by atoms with Crippen LogP contribution in [-0.2, 0) is 9.59 Å². The lowest BCUT2D eigenvalue weighted by Crippen LogP contribution is -2.13. The Labute approximate surface area is 153 Å². The summed E-state index contributed by atoms with van der Waals surface area (Å²) in [5.74, 6) is -1.72. The smallest absolute Gasteiger partial charge is 0.266 e. The van der Waals surface area contributed by atoms with Crippen LogP contribution in [-0.4, -0.2) is 16.7 Å². The number of amides is 2. The van der Waals surface area contributed by atoms with E-state index in [1.807, 2.05) is 0 Å². The van der Waals surface area contributed by atoms with Crippen LogP contribution in [0.25, 0.3) is 6.08 Å². The molecule has 0 aromatic heterocycles. The van der Waals surface area contributed by atoms with Gasteiger partial charge in [-0.05, 0) is 41.7 Å². The van der Waals surface area contributed by atoms with Crippen LogP contribution in [0.15, 0.2) is 48.0 Å². The molecular weight excluding hydrogens is 352 g/mol. The lowest BCUT2D eigenvalue weighted by Gasteiger charge is -2.08. The van der Waals surface area contributed by atoms with Crippen LogP contribution in [0, 0.1) is 21.4 Å². The first-order chi connectivity index (χ1) is 12.8. The normalized spacial score (nSPS) is 10.6. The van der Waals surface area contributed by atoms with Crippen molar-refractivity contribution in [2.75, 3.05) is 10.6 Å². The maximum absolute atomic E-state index is 12.2. The van der Waals surface area contributed by atoms with Crippen LogP contribution in [0.1, 0.15) is 12.5 Å². The van der Waals surface area contributed by atoms with Crippen molar-refractivity contribution in [2.24, 2.45) is 0 Å².